The highest BCUT2D eigenvalue weighted by Gasteiger charge is 2.26. The van der Waals surface area contributed by atoms with Gasteiger partial charge in [-0.3, -0.25) is 4.90 Å². The Bertz CT molecular complexity index is 522. The van der Waals surface area contributed by atoms with Gasteiger partial charge in [0.15, 0.2) is 5.96 Å². The first-order valence-corrected chi connectivity index (χ1v) is 10.3. The van der Waals surface area contributed by atoms with E-state index in [9.17, 15) is 5.11 Å². The molecule has 1 aromatic heterocycles. The molecule has 0 spiro atoms. The van der Waals surface area contributed by atoms with Crippen LogP contribution in [-0.2, 0) is 5.60 Å². The Kier molecular flexibility index (Phi) is 7.72. The largest absolute Gasteiger partial charge is 0.383 e. The number of nitrogens with zero attached hydrogens (tertiary/aromatic N) is 2. The number of guanidine groups is 1. The van der Waals surface area contributed by atoms with Gasteiger partial charge in [0.2, 0.25) is 0 Å². The fourth-order valence-corrected chi connectivity index (χ4v) is 4.08. The van der Waals surface area contributed by atoms with E-state index in [4.69, 9.17) is 0 Å². The molecular weight excluding hydrogens is 332 g/mol. The molecule has 1 fully saturated rings. The van der Waals surface area contributed by atoms with Crippen molar-refractivity contribution in [3.8, 4) is 0 Å². The van der Waals surface area contributed by atoms with Crippen LogP contribution in [0, 0.1) is 5.92 Å². The summed E-state index contributed by atoms with van der Waals surface area (Å²) in [4.78, 5) is 8.17. The molecule has 0 amide bonds. The summed E-state index contributed by atoms with van der Waals surface area (Å²) >= 11 is 1.57. The molecule has 6 heteroatoms. The molecule has 1 aromatic rings. The van der Waals surface area contributed by atoms with Crippen LogP contribution >= 0.6 is 11.3 Å². The van der Waals surface area contributed by atoms with E-state index in [2.05, 4.69) is 41.3 Å². The van der Waals surface area contributed by atoms with E-state index in [0.29, 0.717) is 18.5 Å². The summed E-state index contributed by atoms with van der Waals surface area (Å²) in [6, 6.07) is 4.44. The number of rotatable bonds is 8. The molecule has 1 aliphatic heterocycles. The van der Waals surface area contributed by atoms with Crippen molar-refractivity contribution in [3.63, 3.8) is 0 Å². The minimum absolute atomic E-state index is 0.346. The number of aliphatic imine (C=N–C) groups is 1. The number of likely N-dealkylation sites (tertiary alicyclic amines) is 1. The van der Waals surface area contributed by atoms with Crippen LogP contribution in [0.4, 0.5) is 0 Å². The topological polar surface area (TPSA) is 59.9 Å². The summed E-state index contributed by atoms with van der Waals surface area (Å²) in [6.45, 7) is 12.9. The summed E-state index contributed by atoms with van der Waals surface area (Å²) in [6.07, 6.45) is 2.61. The Morgan fingerprint density at radius 3 is 2.64 bits per heavy atom. The van der Waals surface area contributed by atoms with Crippen LogP contribution in [0.1, 0.15) is 45.4 Å². The Balaban J connectivity index is 1.96. The van der Waals surface area contributed by atoms with Crippen LogP contribution in [0.15, 0.2) is 22.5 Å². The zero-order valence-corrected chi connectivity index (χ0v) is 16.9. The second kappa shape index (κ2) is 9.55. The summed E-state index contributed by atoms with van der Waals surface area (Å²) in [5.41, 5.74) is -0.928. The lowest BCUT2D eigenvalue weighted by atomic mass is 10.0. The van der Waals surface area contributed by atoms with Gasteiger partial charge < -0.3 is 15.7 Å². The van der Waals surface area contributed by atoms with Crippen LogP contribution in [0.5, 0.6) is 0 Å². The second-order valence-corrected chi connectivity index (χ2v) is 8.33. The molecule has 1 aliphatic rings. The Morgan fingerprint density at radius 2 is 2.08 bits per heavy atom. The van der Waals surface area contributed by atoms with E-state index >= 15 is 0 Å². The van der Waals surface area contributed by atoms with E-state index in [1.54, 1.807) is 11.3 Å². The molecular formula is C19H34N4OS. The molecule has 25 heavy (non-hydrogen) atoms. The van der Waals surface area contributed by atoms with Gasteiger partial charge in [0.25, 0.3) is 0 Å². The van der Waals surface area contributed by atoms with Gasteiger partial charge in [-0.05, 0) is 57.1 Å². The number of hydrogen-bond acceptors (Lipinski definition) is 4. The van der Waals surface area contributed by atoms with Crippen molar-refractivity contribution in [2.45, 2.75) is 52.2 Å². The van der Waals surface area contributed by atoms with Crippen molar-refractivity contribution in [3.05, 3.63) is 22.4 Å². The maximum absolute atomic E-state index is 10.7. The molecule has 142 valence electrons. The van der Waals surface area contributed by atoms with Gasteiger partial charge in [0, 0.05) is 24.0 Å². The fourth-order valence-electron chi connectivity index (χ4n) is 3.30. The highest BCUT2D eigenvalue weighted by Crippen LogP contribution is 2.25. The molecule has 0 aliphatic carbocycles. The highest BCUT2D eigenvalue weighted by molar-refractivity contribution is 7.10. The molecule has 1 saturated heterocycles. The highest BCUT2D eigenvalue weighted by atomic mass is 32.1. The van der Waals surface area contributed by atoms with Crippen molar-refractivity contribution in [2.24, 2.45) is 10.9 Å². The summed E-state index contributed by atoms with van der Waals surface area (Å²) in [5, 5.41) is 19.4. The number of nitrogens with one attached hydrogen (secondary N) is 2. The van der Waals surface area contributed by atoms with Crippen LogP contribution in [0.25, 0.3) is 0 Å². The minimum atomic E-state index is -0.928. The predicted molar refractivity (Wildman–Crippen MR) is 107 cm³/mol. The minimum Gasteiger partial charge on any atom is -0.383 e. The Labute approximate surface area is 156 Å². The smallest absolute Gasteiger partial charge is 0.191 e. The SMILES string of the molecule is CCNC(=NCC(C)(O)c1cccs1)NCC(C(C)C)N1CCCC1. The average molecular weight is 367 g/mol. The first kappa shape index (κ1) is 20.2. The second-order valence-electron chi connectivity index (χ2n) is 7.38. The fraction of sp³-hybridized carbons (Fsp3) is 0.737. The van der Waals surface area contributed by atoms with Crippen LogP contribution in [-0.4, -0.2) is 54.7 Å². The normalized spacial score (nSPS) is 19.8. The van der Waals surface area contributed by atoms with Crippen molar-refractivity contribution in [2.75, 3.05) is 32.7 Å². The van der Waals surface area contributed by atoms with Crippen LogP contribution < -0.4 is 10.6 Å². The quantitative estimate of drug-likeness (QED) is 0.489. The van der Waals surface area contributed by atoms with Gasteiger partial charge in [-0.25, -0.2) is 4.99 Å². The lowest BCUT2D eigenvalue weighted by molar-refractivity contribution is 0.0711. The van der Waals surface area contributed by atoms with Crippen molar-refractivity contribution in [1.29, 1.82) is 0 Å². The third-order valence-corrected chi connectivity index (χ3v) is 5.92. The van der Waals surface area contributed by atoms with E-state index < -0.39 is 5.60 Å². The van der Waals surface area contributed by atoms with Crippen molar-refractivity contribution < 1.29 is 5.11 Å². The molecule has 2 atom stereocenters. The zero-order valence-electron chi connectivity index (χ0n) is 16.1. The number of thiophene rings is 1. The van der Waals surface area contributed by atoms with E-state index in [0.717, 1.165) is 23.9 Å². The van der Waals surface area contributed by atoms with Crippen molar-refractivity contribution >= 4 is 17.3 Å². The lowest BCUT2D eigenvalue weighted by Gasteiger charge is -2.31. The summed E-state index contributed by atoms with van der Waals surface area (Å²) in [7, 11) is 0. The number of hydrogen-bond donors (Lipinski definition) is 3. The van der Waals surface area contributed by atoms with Gasteiger partial charge in [0.05, 0.1) is 6.54 Å². The van der Waals surface area contributed by atoms with Gasteiger partial charge in [0.1, 0.15) is 5.60 Å². The van der Waals surface area contributed by atoms with E-state index in [1.807, 2.05) is 24.4 Å². The maximum atomic E-state index is 10.7. The molecule has 0 radical (unpaired) electrons. The van der Waals surface area contributed by atoms with Crippen LogP contribution in [0.2, 0.25) is 0 Å². The van der Waals surface area contributed by atoms with Gasteiger partial charge >= 0.3 is 0 Å². The monoisotopic (exact) mass is 366 g/mol. The first-order valence-electron chi connectivity index (χ1n) is 9.46. The van der Waals surface area contributed by atoms with Crippen molar-refractivity contribution in [1.82, 2.24) is 15.5 Å². The molecule has 2 rings (SSSR count). The van der Waals surface area contributed by atoms with Crippen LogP contribution in [0.3, 0.4) is 0 Å². The first-order chi connectivity index (χ1) is 11.9. The Hall–Kier alpha value is -1.11. The summed E-state index contributed by atoms with van der Waals surface area (Å²) in [5.74, 6) is 1.38. The van der Waals surface area contributed by atoms with E-state index in [-0.39, 0.29) is 0 Å². The lowest BCUT2D eigenvalue weighted by Crippen LogP contribution is -2.48. The molecule has 2 heterocycles. The van der Waals surface area contributed by atoms with E-state index in [1.165, 1.54) is 25.9 Å². The molecule has 0 bridgehead atoms. The molecule has 0 saturated carbocycles. The third kappa shape index (κ3) is 5.97. The van der Waals surface area contributed by atoms with Gasteiger partial charge in [-0.1, -0.05) is 19.9 Å². The molecule has 2 unspecified atom stereocenters. The average Bonchev–Trinajstić information content (AvgIpc) is 3.26. The standard InChI is InChI=1S/C19H34N4OS/c1-5-20-18(22-14-19(4,24)17-9-8-12-25-17)21-13-16(15(2)3)23-10-6-7-11-23/h8-9,12,15-16,24H,5-7,10-11,13-14H2,1-4H3,(H2,20,21,22). The molecule has 5 nitrogen and oxygen atoms in total. The zero-order chi connectivity index (χ0) is 18.3. The maximum Gasteiger partial charge on any atom is 0.191 e. The molecule has 0 aromatic carbocycles. The van der Waals surface area contributed by atoms with Gasteiger partial charge in [-0.15, -0.1) is 11.3 Å². The summed E-state index contributed by atoms with van der Waals surface area (Å²) < 4.78 is 0. The van der Waals surface area contributed by atoms with Gasteiger partial charge in [-0.2, -0.15) is 0 Å². The number of aliphatic hydroxyl groups is 1. The third-order valence-electron chi connectivity index (χ3n) is 4.80. The predicted octanol–water partition coefficient (Wildman–Crippen LogP) is 2.63. The Morgan fingerprint density at radius 1 is 1.36 bits per heavy atom. The molecule has 3 N–H and O–H groups in total.